The van der Waals surface area contributed by atoms with Gasteiger partial charge in [-0.25, -0.2) is 0 Å². The highest BCUT2D eigenvalue weighted by Crippen LogP contribution is 2.35. The van der Waals surface area contributed by atoms with Crippen LogP contribution in [0.15, 0.2) is 31.8 Å². The Morgan fingerprint density at radius 2 is 2.10 bits per heavy atom. The summed E-state index contributed by atoms with van der Waals surface area (Å²) in [5.41, 5.74) is 2.11. The van der Waals surface area contributed by atoms with Gasteiger partial charge in [-0.3, -0.25) is 4.79 Å². The van der Waals surface area contributed by atoms with Crippen molar-refractivity contribution < 1.29 is 9.53 Å². The normalized spacial score (nSPS) is 11.8. The van der Waals surface area contributed by atoms with Crippen LogP contribution in [0.1, 0.15) is 27.4 Å². The largest absolute Gasteiger partial charge is 0.496 e. The van der Waals surface area contributed by atoms with Gasteiger partial charge in [-0.05, 0) is 62.0 Å². The van der Waals surface area contributed by atoms with Crippen LogP contribution in [0, 0.1) is 18.3 Å². The number of ether oxygens (including phenoxy) is 1. The van der Waals surface area contributed by atoms with E-state index >= 15 is 0 Å². The van der Waals surface area contributed by atoms with Gasteiger partial charge in [0.25, 0.3) is 0 Å². The van der Waals surface area contributed by atoms with Crippen LogP contribution in [0.25, 0.3) is 0 Å². The van der Waals surface area contributed by atoms with Gasteiger partial charge in [-0.2, -0.15) is 5.26 Å². The molecule has 0 bridgehead atoms. The van der Waals surface area contributed by atoms with Gasteiger partial charge in [0.1, 0.15) is 11.7 Å². The van der Waals surface area contributed by atoms with Gasteiger partial charge < -0.3 is 4.74 Å². The SMILES string of the molecule is COc1cc(C(C#N)C(=O)c2cc(Br)sc2Br)ccc1C. The molecule has 1 heterocycles. The van der Waals surface area contributed by atoms with E-state index in [2.05, 4.69) is 37.9 Å². The number of thiophene rings is 1. The molecule has 3 nitrogen and oxygen atoms in total. The second kappa shape index (κ2) is 6.73. The first-order valence-electron chi connectivity index (χ1n) is 6.01. The van der Waals surface area contributed by atoms with E-state index in [1.54, 1.807) is 25.3 Å². The maximum atomic E-state index is 12.6. The quantitative estimate of drug-likeness (QED) is 0.638. The van der Waals surface area contributed by atoms with Crippen LogP contribution in [0.5, 0.6) is 5.75 Å². The maximum Gasteiger partial charge on any atom is 0.186 e. The van der Waals surface area contributed by atoms with Crippen molar-refractivity contribution in [2.75, 3.05) is 7.11 Å². The number of hydrogen-bond donors (Lipinski definition) is 0. The molecule has 0 aliphatic heterocycles. The number of methoxy groups -OCH3 is 1. The Labute approximate surface area is 143 Å². The predicted molar refractivity (Wildman–Crippen MR) is 90.1 cm³/mol. The number of benzene rings is 1. The number of nitrogens with zero attached hydrogens (tertiary/aromatic N) is 1. The standard InChI is InChI=1S/C15H11Br2NO2S/c1-8-3-4-9(5-12(8)20-2)11(7-18)14(19)10-6-13(16)21-15(10)17/h3-6,11H,1-2H3. The molecule has 21 heavy (non-hydrogen) atoms. The van der Waals surface area contributed by atoms with E-state index in [0.717, 1.165) is 13.1 Å². The summed E-state index contributed by atoms with van der Waals surface area (Å²) in [5.74, 6) is -0.402. The fourth-order valence-corrected chi connectivity index (χ4v) is 4.78. The van der Waals surface area contributed by atoms with E-state index in [9.17, 15) is 10.1 Å². The molecule has 0 fully saturated rings. The van der Waals surface area contributed by atoms with Gasteiger partial charge in [0.05, 0.1) is 20.8 Å². The number of ketones is 1. The predicted octanol–water partition coefficient (Wildman–Crippen LogP) is 5.08. The molecule has 2 rings (SSSR count). The van der Waals surface area contributed by atoms with Gasteiger partial charge in [0.2, 0.25) is 0 Å². The smallest absolute Gasteiger partial charge is 0.186 e. The van der Waals surface area contributed by atoms with Gasteiger partial charge in [0.15, 0.2) is 5.78 Å². The summed E-state index contributed by atoms with van der Waals surface area (Å²) in [5, 5.41) is 9.41. The molecule has 0 saturated heterocycles. The van der Waals surface area contributed by atoms with Crippen LogP contribution in [-0.2, 0) is 0 Å². The van der Waals surface area contributed by atoms with Crippen molar-refractivity contribution in [2.24, 2.45) is 0 Å². The summed E-state index contributed by atoms with van der Waals surface area (Å²) in [6.07, 6.45) is 0. The molecule has 1 unspecified atom stereocenters. The Morgan fingerprint density at radius 3 is 2.62 bits per heavy atom. The van der Waals surface area contributed by atoms with E-state index in [0.29, 0.717) is 16.9 Å². The van der Waals surface area contributed by atoms with Gasteiger partial charge in [-0.15, -0.1) is 11.3 Å². The summed E-state index contributed by atoms with van der Waals surface area (Å²) in [7, 11) is 1.57. The van der Waals surface area contributed by atoms with E-state index in [1.807, 2.05) is 13.0 Å². The Balaban J connectivity index is 2.43. The van der Waals surface area contributed by atoms with Crippen LogP contribution >= 0.6 is 43.2 Å². The molecule has 0 N–H and O–H groups in total. The number of nitriles is 1. The second-order valence-corrected chi connectivity index (χ2v) is 8.14. The highest BCUT2D eigenvalue weighted by atomic mass is 79.9. The molecule has 6 heteroatoms. The molecule has 0 amide bonds. The number of halogens is 2. The molecule has 1 aromatic carbocycles. The summed E-state index contributed by atoms with van der Waals surface area (Å²) < 4.78 is 6.82. The molecule has 0 spiro atoms. The van der Waals surface area contributed by atoms with Crippen molar-refractivity contribution in [1.29, 1.82) is 5.26 Å². The van der Waals surface area contributed by atoms with Crippen molar-refractivity contribution in [2.45, 2.75) is 12.8 Å². The van der Waals surface area contributed by atoms with Crippen LogP contribution in [-0.4, -0.2) is 12.9 Å². The fraction of sp³-hybridized carbons (Fsp3) is 0.200. The second-order valence-electron chi connectivity index (χ2n) is 4.39. The molecular weight excluding hydrogens is 418 g/mol. The van der Waals surface area contributed by atoms with Gasteiger partial charge in [0, 0.05) is 5.56 Å². The average molecular weight is 429 g/mol. The van der Waals surface area contributed by atoms with Gasteiger partial charge in [-0.1, -0.05) is 12.1 Å². The van der Waals surface area contributed by atoms with Crippen LogP contribution in [0.2, 0.25) is 0 Å². The highest BCUT2D eigenvalue weighted by Gasteiger charge is 2.25. The van der Waals surface area contributed by atoms with E-state index in [-0.39, 0.29) is 5.78 Å². The lowest BCUT2D eigenvalue weighted by molar-refractivity contribution is 0.0978. The average Bonchev–Trinajstić information content (AvgIpc) is 2.80. The number of carbonyl (C=O) groups is 1. The number of aryl methyl sites for hydroxylation is 1. The van der Waals surface area contributed by atoms with Crippen molar-refractivity contribution in [3.63, 3.8) is 0 Å². The van der Waals surface area contributed by atoms with Crippen molar-refractivity contribution in [3.8, 4) is 11.8 Å². The van der Waals surface area contributed by atoms with Crippen molar-refractivity contribution in [3.05, 3.63) is 48.5 Å². The molecule has 2 aromatic rings. The molecule has 0 saturated carbocycles. The molecule has 0 aliphatic rings. The molecule has 1 aromatic heterocycles. The third kappa shape index (κ3) is 3.37. The zero-order chi connectivity index (χ0) is 15.6. The number of Topliss-reactive ketones (excluding diaryl/α,β-unsaturated/α-hetero) is 1. The third-order valence-electron chi connectivity index (χ3n) is 3.08. The van der Waals surface area contributed by atoms with Crippen LogP contribution < -0.4 is 4.74 Å². The number of carbonyl (C=O) groups excluding carboxylic acids is 1. The minimum absolute atomic E-state index is 0.225. The summed E-state index contributed by atoms with van der Waals surface area (Å²) in [6.45, 7) is 1.92. The van der Waals surface area contributed by atoms with Crippen LogP contribution in [0.4, 0.5) is 0 Å². The van der Waals surface area contributed by atoms with E-state index in [1.165, 1.54) is 11.3 Å². The topological polar surface area (TPSA) is 50.1 Å². The minimum atomic E-state index is -0.850. The highest BCUT2D eigenvalue weighted by molar-refractivity contribution is 9.12. The zero-order valence-electron chi connectivity index (χ0n) is 11.3. The molecule has 1 atom stereocenters. The van der Waals surface area contributed by atoms with Crippen molar-refractivity contribution >= 4 is 49.0 Å². The summed E-state index contributed by atoms with van der Waals surface area (Å²) >= 11 is 8.11. The zero-order valence-corrected chi connectivity index (χ0v) is 15.3. The lowest BCUT2D eigenvalue weighted by atomic mass is 9.92. The maximum absolute atomic E-state index is 12.6. The first-order chi connectivity index (χ1) is 9.97. The van der Waals surface area contributed by atoms with Gasteiger partial charge >= 0.3 is 0 Å². The third-order valence-corrected chi connectivity index (χ3v) is 5.42. The minimum Gasteiger partial charge on any atom is -0.496 e. The number of rotatable bonds is 4. The molecule has 108 valence electrons. The molecular formula is C15H11Br2NO2S. The number of hydrogen-bond acceptors (Lipinski definition) is 4. The Morgan fingerprint density at radius 1 is 1.38 bits per heavy atom. The lowest BCUT2D eigenvalue weighted by Crippen LogP contribution is -2.11. The molecule has 0 radical (unpaired) electrons. The van der Waals surface area contributed by atoms with Crippen molar-refractivity contribution in [1.82, 2.24) is 0 Å². The molecule has 0 aliphatic carbocycles. The van der Waals surface area contributed by atoms with Crippen LogP contribution in [0.3, 0.4) is 0 Å². The first-order valence-corrected chi connectivity index (χ1v) is 8.41. The Bertz CT molecular complexity index is 734. The summed E-state index contributed by atoms with van der Waals surface area (Å²) in [4.78, 5) is 12.6. The monoisotopic (exact) mass is 427 g/mol. The van der Waals surface area contributed by atoms with E-state index < -0.39 is 5.92 Å². The lowest BCUT2D eigenvalue weighted by Gasteiger charge is -2.11. The first kappa shape index (κ1) is 16.2. The Hall–Kier alpha value is -1.16. The Kier molecular flexibility index (Phi) is 5.20. The van der Waals surface area contributed by atoms with E-state index in [4.69, 9.17) is 4.74 Å². The fourth-order valence-electron chi connectivity index (χ4n) is 1.96. The summed E-state index contributed by atoms with van der Waals surface area (Å²) in [6, 6.07) is 9.20.